The van der Waals surface area contributed by atoms with Gasteiger partial charge in [0.1, 0.15) is 12.4 Å². The summed E-state index contributed by atoms with van der Waals surface area (Å²) in [7, 11) is 0. The van der Waals surface area contributed by atoms with Crippen LogP contribution in [0.25, 0.3) is 0 Å². The Bertz CT molecular complexity index is 1050. The zero-order chi connectivity index (χ0) is 18.4. The first-order valence-corrected chi connectivity index (χ1v) is 9.25. The molecule has 0 bridgehead atoms. The van der Waals surface area contributed by atoms with Gasteiger partial charge < -0.3 is 5.32 Å². The number of carbonyl (C=O) groups is 1. The normalized spacial score (nSPS) is 21.4. The number of rotatable bonds is 2. The second kappa shape index (κ2) is 6.20. The van der Waals surface area contributed by atoms with Crippen LogP contribution in [0.15, 0.2) is 72.2 Å². The SMILES string of the molecule is Cc1ccccc1[C@@H]1CC(=O)C2=C(C1)Nc1ncnn1[C@H]2c1ccccc1. The van der Waals surface area contributed by atoms with Crippen LogP contribution in [0, 0.1) is 6.92 Å². The summed E-state index contributed by atoms with van der Waals surface area (Å²) < 4.78 is 1.82. The molecule has 5 heteroatoms. The van der Waals surface area contributed by atoms with Crippen molar-refractivity contribution in [2.24, 2.45) is 0 Å². The van der Waals surface area contributed by atoms with Gasteiger partial charge in [-0.05, 0) is 36.0 Å². The third-order valence-electron chi connectivity index (χ3n) is 5.61. The fourth-order valence-electron chi connectivity index (χ4n) is 4.36. The molecule has 0 radical (unpaired) electrons. The van der Waals surface area contributed by atoms with Crippen LogP contribution in [0.3, 0.4) is 0 Å². The van der Waals surface area contributed by atoms with Gasteiger partial charge in [0.05, 0.1) is 0 Å². The molecule has 1 N–H and O–H groups in total. The number of nitrogens with zero attached hydrogens (tertiary/aromatic N) is 3. The molecule has 0 amide bonds. The molecular weight excluding hydrogens is 336 g/mol. The Kier molecular flexibility index (Phi) is 3.67. The number of Topliss-reactive ketones (excluding diaryl/α,β-unsaturated/α-hetero) is 1. The smallest absolute Gasteiger partial charge is 0.226 e. The number of anilines is 1. The summed E-state index contributed by atoms with van der Waals surface area (Å²) in [4.78, 5) is 17.6. The second-order valence-electron chi connectivity index (χ2n) is 7.24. The second-order valence-corrected chi connectivity index (χ2v) is 7.24. The van der Waals surface area contributed by atoms with E-state index < -0.39 is 0 Å². The molecule has 27 heavy (non-hydrogen) atoms. The molecule has 3 aromatic rings. The molecule has 0 fully saturated rings. The minimum absolute atomic E-state index is 0.187. The quantitative estimate of drug-likeness (QED) is 0.754. The zero-order valence-electron chi connectivity index (χ0n) is 15.1. The van der Waals surface area contributed by atoms with Crippen LogP contribution in [0.5, 0.6) is 0 Å². The maximum atomic E-state index is 13.3. The number of nitrogens with one attached hydrogen (secondary N) is 1. The standard InChI is InChI=1S/C22H20N4O/c1-14-7-5-6-10-17(14)16-11-18-20(19(27)12-16)21(15-8-3-2-4-9-15)26-22(25-18)23-13-24-26/h2-10,13,16,21H,11-12H2,1H3,(H,23,24,25)/t16-,21-/m0/s1. The van der Waals surface area contributed by atoms with E-state index in [1.165, 1.54) is 11.1 Å². The first-order valence-electron chi connectivity index (χ1n) is 9.25. The van der Waals surface area contributed by atoms with Gasteiger partial charge in [0.15, 0.2) is 5.78 Å². The number of carbonyl (C=O) groups excluding carboxylic acids is 1. The molecule has 134 valence electrons. The van der Waals surface area contributed by atoms with Gasteiger partial charge in [0.25, 0.3) is 0 Å². The monoisotopic (exact) mass is 356 g/mol. The van der Waals surface area contributed by atoms with Gasteiger partial charge in [-0.1, -0.05) is 54.6 Å². The molecule has 5 nitrogen and oxygen atoms in total. The minimum Gasteiger partial charge on any atom is -0.328 e. The molecule has 2 heterocycles. The van der Waals surface area contributed by atoms with Crippen LogP contribution in [-0.2, 0) is 4.79 Å². The van der Waals surface area contributed by atoms with Crippen LogP contribution in [0.2, 0.25) is 0 Å². The van der Waals surface area contributed by atoms with Crippen molar-refractivity contribution in [2.75, 3.05) is 5.32 Å². The Morgan fingerprint density at radius 2 is 1.81 bits per heavy atom. The summed E-state index contributed by atoms with van der Waals surface area (Å²) >= 11 is 0. The van der Waals surface area contributed by atoms with E-state index in [1.54, 1.807) is 6.33 Å². The van der Waals surface area contributed by atoms with Crippen molar-refractivity contribution >= 4 is 11.7 Å². The third-order valence-corrected chi connectivity index (χ3v) is 5.61. The highest BCUT2D eigenvalue weighted by Gasteiger charge is 2.39. The number of allylic oxidation sites excluding steroid dienone is 2. The van der Waals surface area contributed by atoms with E-state index >= 15 is 0 Å². The van der Waals surface area contributed by atoms with Gasteiger partial charge >= 0.3 is 0 Å². The average molecular weight is 356 g/mol. The lowest BCUT2D eigenvalue weighted by Crippen LogP contribution is -2.33. The van der Waals surface area contributed by atoms with Gasteiger partial charge in [-0.25, -0.2) is 4.68 Å². The molecule has 1 aliphatic heterocycles. The van der Waals surface area contributed by atoms with E-state index in [9.17, 15) is 4.79 Å². The Balaban J connectivity index is 1.61. The number of fused-ring (bicyclic) bond motifs is 1. The molecule has 2 aliphatic rings. The average Bonchev–Trinajstić information content (AvgIpc) is 3.15. The molecule has 0 saturated carbocycles. The predicted octanol–water partition coefficient (Wildman–Crippen LogP) is 4.00. The Hall–Kier alpha value is -3.21. The predicted molar refractivity (Wildman–Crippen MR) is 103 cm³/mol. The molecule has 0 unspecified atom stereocenters. The van der Waals surface area contributed by atoms with Crippen molar-refractivity contribution in [1.29, 1.82) is 0 Å². The van der Waals surface area contributed by atoms with Crippen LogP contribution in [0.1, 0.15) is 41.5 Å². The lowest BCUT2D eigenvalue weighted by atomic mass is 9.77. The molecule has 0 spiro atoms. The summed E-state index contributed by atoms with van der Waals surface area (Å²) in [5, 5.41) is 7.76. The van der Waals surface area contributed by atoms with Gasteiger partial charge in [0.2, 0.25) is 5.95 Å². The largest absolute Gasteiger partial charge is 0.328 e. The summed E-state index contributed by atoms with van der Waals surface area (Å²) in [5.74, 6) is 1.07. The summed E-state index contributed by atoms with van der Waals surface area (Å²) in [6.07, 6.45) is 2.88. The molecular formula is C22H20N4O. The molecule has 1 aromatic heterocycles. The number of hydrogen-bond donors (Lipinski definition) is 1. The van der Waals surface area contributed by atoms with Gasteiger partial charge in [-0.15, -0.1) is 0 Å². The lowest BCUT2D eigenvalue weighted by Gasteiger charge is -2.35. The molecule has 2 atom stereocenters. The number of hydrogen-bond acceptors (Lipinski definition) is 4. The van der Waals surface area contributed by atoms with Gasteiger partial charge in [-0.3, -0.25) is 4.79 Å². The fraction of sp³-hybridized carbons (Fsp3) is 0.227. The van der Waals surface area contributed by atoms with Gasteiger partial charge in [-0.2, -0.15) is 10.1 Å². The van der Waals surface area contributed by atoms with Crippen molar-refractivity contribution in [3.8, 4) is 0 Å². The molecule has 2 aromatic carbocycles. The van der Waals surface area contributed by atoms with Crippen LogP contribution in [-0.4, -0.2) is 20.5 Å². The highest BCUT2D eigenvalue weighted by Crippen LogP contribution is 2.44. The van der Waals surface area contributed by atoms with E-state index in [0.717, 1.165) is 23.3 Å². The van der Waals surface area contributed by atoms with Gasteiger partial charge in [0, 0.05) is 17.7 Å². The fourth-order valence-corrected chi connectivity index (χ4v) is 4.36. The summed E-state index contributed by atoms with van der Waals surface area (Å²) in [5.41, 5.74) is 5.35. The minimum atomic E-state index is -0.217. The number of benzene rings is 2. The first-order chi connectivity index (χ1) is 13.2. The maximum absolute atomic E-state index is 13.3. The number of ketones is 1. The van der Waals surface area contributed by atoms with Crippen LogP contribution >= 0.6 is 0 Å². The van der Waals surface area contributed by atoms with Crippen molar-refractivity contribution in [3.63, 3.8) is 0 Å². The number of aromatic nitrogens is 3. The van der Waals surface area contributed by atoms with Crippen molar-refractivity contribution < 1.29 is 4.79 Å². The van der Waals surface area contributed by atoms with Crippen molar-refractivity contribution in [1.82, 2.24) is 14.8 Å². The summed E-state index contributed by atoms with van der Waals surface area (Å²) in [6, 6.07) is 18.2. The van der Waals surface area contributed by atoms with E-state index in [1.807, 2.05) is 41.1 Å². The van der Waals surface area contributed by atoms with Crippen LogP contribution in [0.4, 0.5) is 5.95 Å². The lowest BCUT2D eigenvalue weighted by molar-refractivity contribution is -0.116. The highest BCUT2D eigenvalue weighted by atomic mass is 16.1. The van der Waals surface area contributed by atoms with E-state index in [4.69, 9.17) is 0 Å². The molecule has 0 saturated heterocycles. The van der Waals surface area contributed by atoms with Crippen molar-refractivity contribution in [2.45, 2.75) is 31.7 Å². The molecule has 1 aliphatic carbocycles. The van der Waals surface area contributed by atoms with E-state index in [-0.39, 0.29) is 17.7 Å². The van der Waals surface area contributed by atoms with E-state index in [0.29, 0.717) is 12.4 Å². The Morgan fingerprint density at radius 3 is 2.63 bits per heavy atom. The molecule has 5 rings (SSSR count). The van der Waals surface area contributed by atoms with Crippen molar-refractivity contribution in [3.05, 3.63) is 88.9 Å². The summed E-state index contributed by atoms with van der Waals surface area (Å²) in [6.45, 7) is 2.11. The topological polar surface area (TPSA) is 59.8 Å². The van der Waals surface area contributed by atoms with Crippen LogP contribution < -0.4 is 5.32 Å². The zero-order valence-corrected chi connectivity index (χ0v) is 15.1. The first kappa shape index (κ1) is 16.0. The Morgan fingerprint density at radius 1 is 1.04 bits per heavy atom. The third kappa shape index (κ3) is 2.58. The number of aryl methyl sites for hydroxylation is 1. The van der Waals surface area contributed by atoms with E-state index in [2.05, 4.69) is 40.5 Å². The highest BCUT2D eigenvalue weighted by molar-refractivity contribution is 6.00. The Labute approximate surface area is 157 Å². The maximum Gasteiger partial charge on any atom is 0.226 e.